The number of benzene rings is 1. The largest absolute Gasteiger partial charge is 0.294 e. The van der Waals surface area contributed by atoms with Crippen LogP contribution in [0.3, 0.4) is 0 Å². The molecule has 1 unspecified atom stereocenters. The Bertz CT molecular complexity index is 564. The molecule has 3 nitrogen and oxygen atoms in total. The highest BCUT2D eigenvalue weighted by Gasteiger charge is 2.23. The third-order valence-electron chi connectivity index (χ3n) is 4.11. The van der Waals surface area contributed by atoms with E-state index in [0.717, 1.165) is 11.9 Å². The van der Waals surface area contributed by atoms with Crippen molar-refractivity contribution in [2.24, 2.45) is 7.05 Å². The highest BCUT2D eigenvalue weighted by Crippen LogP contribution is 2.24. The molecule has 1 atom stereocenters. The molecule has 1 fully saturated rings. The van der Waals surface area contributed by atoms with Crippen LogP contribution in [0.1, 0.15) is 25.0 Å². The van der Waals surface area contributed by atoms with Crippen LogP contribution in [0.25, 0.3) is 10.9 Å². The van der Waals surface area contributed by atoms with Crippen LogP contribution in [0.4, 0.5) is 0 Å². The summed E-state index contributed by atoms with van der Waals surface area (Å²) in [6.07, 6.45) is 3.97. The Kier molecular flexibility index (Phi) is 3.89. The second-order valence-corrected chi connectivity index (χ2v) is 6.01. The zero-order chi connectivity index (χ0) is 13.2. The Balaban J connectivity index is 1.88. The number of piperidine rings is 1. The van der Waals surface area contributed by atoms with Crippen LogP contribution in [0.2, 0.25) is 0 Å². The smallest absolute Gasteiger partial charge is 0.0843 e. The summed E-state index contributed by atoms with van der Waals surface area (Å²) >= 11 is 3.65. The monoisotopic (exact) mass is 321 g/mol. The van der Waals surface area contributed by atoms with Crippen LogP contribution in [0.5, 0.6) is 0 Å². The molecule has 19 heavy (non-hydrogen) atoms. The number of rotatable bonds is 3. The average Bonchev–Trinajstić information content (AvgIpc) is 2.77. The molecule has 0 saturated carbocycles. The Labute approximate surface area is 122 Å². The molecule has 0 bridgehead atoms. The van der Waals surface area contributed by atoms with E-state index in [2.05, 4.69) is 45.1 Å². The lowest BCUT2D eigenvalue weighted by Gasteiger charge is -2.34. The van der Waals surface area contributed by atoms with Gasteiger partial charge in [-0.05, 0) is 25.5 Å². The lowest BCUT2D eigenvalue weighted by Crippen LogP contribution is -2.40. The molecular formula is C15H20BrN3. The lowest BCUT2D eigenvalue weighted by atomic mass is 10.0. The Morgan fingerprint density at radius 3 is 3.00 bits per heavy atom. The SMILES string of the molecule is Cn1nc(CN2CCCCC2CBr)c2ccccc21. The van der Waals surface area contributed by atoms with E-state index in [1.807, 2.05) is 11.7 Å². The second-order valence-electron chi connectivity index (χ2n) is 5.36. The molecule has 0 N–H and O–H groups in total. The molecule has 2 heterocycles. The highest BCUT2D eigenvalue weighted by molar-refractivity contribution is 9.09. The maximum Gasteiger partial charge on any atom is 0.0843 e. The fourth-order valence-corrected chi connectivity index (χ4v) is 3.77. The normalized spacial score (nSPS) is 21.1. The molecule has 1 saturated heterocycles. The van der Waals surface area contributed by atoms with Crippen molar-refractivity contribution < 1.29 is 0 Å². The van der Waals surface area contributed by atoms with Crippen molar-refractivity contribution >= 4 is 26.8 Å². The number of aromatic nitrogens is 2. The number of hydrogen-bond acceptors (Lipinski definition) is 2. The van der Waals surface area contributed by atoms with E-state index in [9.17, 15) is 0 Å². The molecule has 0 radical (unpaired) electrons. The van der Waals surface area contributed by atoms with E-state index in [1.54, 1.807) is 0 Å². The summed E-state index contributed by atoms with van der Waals surface area (Å²) in [5.41, 5.74) is 2.44. The van der Waals surface area contributed by atoms with E-state index in [4.69, 9.17) is 5.10 Å². The van der Waals surface area contributed by atoms with Crippen LogP contribution < -0.4 is 0 Å². The summed E-state index contributed by atoms with van der Waals surface area (Å²) in [7, 11) is 2.03. The first-order valence-electron chi connectivity index (χ1n) is 7.00. The lowest BCUT2D eigenvalue weighted by molar-refractivity contribution is 0.155. The first kappa shape index (κ1) is 13.1. The maximum atomic E-state index is 4.71. The number of nitrogens with zero attached hydrogens (tertiary/aromatic N) is 3. The van der Waals surface area contributed by atoms with Gasteiger partial charge in [-0.15, -0.1) is 0 Å². The van der Waals surface area contributed by atoms with Gasteiger partial charge in [-0.3, -0.25) is 9.58 Å². The van der Waals surface area contributed by atoms with Crippen LogP contribution >= 0.6 is 15.9 Å². The molecule has 102 valence electrons. The van der Waals surface area contributed by atoms with Crippen LogP contribution in [-0.2, 0) is 13.6 Å². The fourth-order valence-electron chi connectivity index (χ4n) is 3.04. The molecule has 4 heteroatoms. The summed E-state index contributed by atoms with van der Waals surface area (Å²) in [6, 6.07) is 9.17. The summed E-state index contributed by atoms with van der Waals surface area (Å²) in [5.74, 6) is 0. The zero-order valence-corrected chi connectivity index (χ0v) is 12.9. The van der Waals surface area contributed by atoms with E-state index in [-0.39, 0.29) is 0 Å². The molecule has 0 amide bonds. The van der Waals surface area contributed by atoms with E-state index >= 15 is 0 Å². The van der Waals surface area contributed by atoms with Gasteiger partial charge in [-0.25, -0.2) is 0 Å². The summed E-state index contributed by atoms with van der Waals surface area (Å²) in [4.78, 5) is 2.58. The predicted molar refractivity (Wildman–Crippen MR) is 82.6 cm³/mol. The summed E-state index contributed by atoms with van der Waals surface area (Å²) in [5, 5.41) is 7.07. The van der Waals surface area contributed by atoms with Crippen molar-refractivity contribution in [1.82, 2.24) is 14.7 Å². The quantitative estimate of drug-likeness (QED) is 0.808. The Morgan fingerprint density at radius 2 is 2.16 bits per heavy atom. The van der Waals surface area contributed by atoms with Gasteiger partial charge in [0.15, 0.2) is 0 Å². The maximum absolute atomic E-state index is 4.71. The van der Waals surface area contributed by atoms with Gasteiger partial charge in [0, 0.05) is 30.4 Å². The predicted octanol–water partition coefficient (Wildman–Crippen LogP) is 3.32. The minimum atomic E-state index is 0.662. The molecule has 1 aromatic heterocycles. The minimum Gasteiger partial charge on any atom is -0.294 e. The van der Waals surface area contributed by atoms with Crippen molar-refractivity contribution in [3.8, 4) is 0 Å². The highest BCUT2D eigenvalue weighted by atomic mass is 79.9. The zero-order valence-electron chi connectivity index (χ0n) is 11.3. The van der Waals surface area contributed by atoms with E-state index in [0.29, 0.717) is 6.04 Å². The van der Waals surface area contributed by atoms with Crippen molar-refractivity contribution in [3.63, 3.8) is 0 Å². The summed E-state index contributed by atoms with van der Waals surface area (Å²) < 4.78 is 2.00. The molecule has 2 aromatic rings. The van der Waals surface area contributed by atoms with Crippen molar-refractivity contribution in [2.45, 2.75) is 31.8 Å². The number of likely N-dealkylation sites (tertiary alicyclic amines) is 1. The third-order valence-corrected chi connectivity index (χ3v) is 4.86. The van der Waals surface area contributed by atoms with E-state index in [1.165, 1.54) is 42.4 Å². The summed E-state index contributed by atoms with van der Waals surface area (Å²) in [6.45, 7) is 2.17. The number of alkyl halides is 1. The van der Waals surface area contributed by atoms with Gasteiger partial charge in [0.25, 0.3) is 0 Å². The standard InChI is InChI=1S/C15H20BrN3/c1-18-15-8-3-2-7-13(15)14(17-18)11-19-9-5-4-6-12(19)10-16/h2-3,7-8,12H,4-6,9-11H2,1H3. The average molecular weight is 322 g/mol. The van der Waals surface area contributed by atoms with Crippen LogP contribution in [-0.4, -0.2) is 32.6 Å². The first-order valence-corrected chi connectivity index (χ1v) is 8.12. The molecule has 3 rings (SSSR count). The fraction of sp³-hybridized carbons (Fsp3) is 0.533. The van der Waals surface area contributed by atoms with Crippen LogP contribution in [0, 0.1) is 0 Å². The van der Waals surface area contributed by atoms with E-state index < -0.39 is 0 Å². The van der Waals surface area contributed by atoms with Gasteiger partial charge >= 0.3 is 0 Å². The number of hydrogen-bond donors (Lipinski definition) is 0. The second kappa shape index (κ2) is 5.63. The van der Waals surface area contributed by atoms with Crippen molar-refractivity contribution in [2.75, 3.05) is 11.9 Å². The Morgan fingerprint density at radius 1 is 1.32 bits per heavy atom. The van der Waals surface area contributed by atoms with Gasteiger partial charge in [0.2, 0.25) is 0 Å². The minimum absolute atomic E-state index is 0.662. The molecular weight excluding hydrogens is 302 g/mol. The molecule has 1 aliphatic rings. The topological polar surface area (TPSA) is 21.1 Å². The van der Waals surface area contributed by atoms with Gasteiger partial charge < -0.3 is 0 Å². The Hall–Kier alpha value is -0.870. The van der Waals surface area contributed by atoms with Crippen molar-refractivity contribution in [3.05, 3.63) is 30.0 Å². The van der Waals surface area contributed by atoms with Gasteiger partial charge in [0.05, 0.1) is 11.2 Å². The molecule has 1 aromatic carbocycles. The van der Waals surface area contributed by atoms with Gasteiger partial charge in [-0.1, -0.05) is 40.5 Å². The number of aryl methyl sites for hydroxylation is 1. The molecule has 0 aliphatic carbocycles. The van der Waals surface area contributed by atoms with Crippen molar-refractivity contribution in [1.29, 1.82) is 0 Å². The number of para-hydroxylation sites is 1. The molecule has 0 spiro atoms. The number of halogens is 1. The van der Waals surface area contributed by atoms with Gasteiger partial charge in [-0.2, -0.15) is 5.10 Å². The third kappa shape index (κ3) is 2.56. The van der Waals surface area contributed by atoms with Crippen LogP contribution in [0.15, 0.2) is 24.3 Å². The first-order chi connectivity index (χ1) is 9.29. The van der Waals surface area contributed by atoms with Gasteiger partial charge in [0.1, 0.15) is 0 Å². The number of fused-ring (bicyclic) bond motifs is 1. The molecule has 1 aliphatic heterocycles.